The first-order chi connectivity index (χ1) is 7.04. The molecule has 1 rings (SSSR count). The Kier molecular flexibility index (Phi) is 5.11. The van der Waals surface area contributed by atoms with Crippen LogP contribution in [0.25, 0.3) is 0 Å². The fourth-order valence-electron chi connectivity index (χ4n) is 0.973. The minimum absolute atomic E-state index is 0.0309. The molecule has 82 valence electrons. The van der Waals surface area contributed by atoms with Gasteiger partial charge in [0.15, 0.2) is 0 Å². The quantitative estimate of drug-likeness (QED) is 0.814. The summed E-state index contributed by atoms with van der Waals surface area (Å²) in [7, 11) is 0. The van der Waals surface area contributed by atoms with E-state index in [1.165, 1.54) is 0 Å². The largest absolute Gasteiger partial charge is 0.330 e. The van der Waals surface area contributed by atoms with E-state index in [1.54, 1.807) is 0 Å². The van der Waals surface area contributed by atoms with Gasteiger partial charge < -0.3 is 9.87 Å². The number of benzene rings is 1. The zero-order valence-corrected chi connectivity index (χ0v) is 11.9. The van der Waals surface area contributed by atoms with Crippen molar-refractivity contribution in [3.63, 3.8) is 0 Å². The third kappa shape index (κ3) is 3.79. The van der Waals surface area contributed by atoms with E-state index in [1.807, 2.05) is 19.1 Å². The first-order valence-corrected chi connectivity index (χ1v) is 6.59. The van der Waals surface area contributed by atoms with Crippen LogP contribution in [0.15, 0.2) is 21.1 Å². The SMILES string of the molecule is Cc1c(Br)cc(NC(=O)CSO)cc1Br. The summed E-state index contributed by atoms with van der Waals surface area (Å²) in [5.74, 6) is -0.200. The number of rotatable bonds is 3. The fourth-order valence-corrected chi connectivity index (χ4v) is 2.35. The molecule has 0 saturated carbocycles. The number of hydrogen-bond donors (Lipinski definition) is 2. The van der Waals surface area contributed by atoms with Crippen LogP contribution in [0.3, 0.4) is 0 Å². The van der Waals surface area contributed by atoms with Crippen molar-refractivity contribution in [3.8, 4) is 0 Å². The molecule has 0 atom stereocenters. The van der Waals surface area contributed by atoms with Crippen LogP contribution in [0.2, 0.25) is 0 Å². The van der Waals surface area contributed by atoms with Crippen molar-refractivity contribution in [3.05, 3.63) is 26.6 Å². The predicted molar refractivity (Wildman–Crippen MR) is 70.3 cm³/mol. The molecule has 0 saturated heterocycles. The van der Waals surface area contributed by atoms with Gasteiger partial charge in [0.05, 0.1) is 5.75 Å². The Morgan fingerprint density at radius 3 is 2.47 bits per heavy atom. The second kappa shape index (κ2) is 5.89. The molecule has 1 aromatic rings. The van der Waals surface area contributed by atoms with E-state index in [0.717, 1.165) is 14.5 Å². The van der Waals surface area contributed by atoms with Gasteiger partial charge in [0.25, 0.3) is 0 Å². The Bertz CT molecular complexity index is 361. The molecule has 1 aromatic carbocycles. The summed E-state index contributed by atoms with van der Waals surface area (Å²) < 4.78 is 10.3. The van der Waals surface area contributed by atoms with Crippen LogP contribution in [0, 0.1) is 6.92 Å². The third-order valence-corrected chi connectivity index (χ3v) is 3.80. The molecule has 0 radical (unpaired) electrons. The molecule has 0 aliphatic rings. The minimum atomic E-state index is -0.231. The maximum Gasteiger partial charge on any atom is 0.236 e. The van der Waals surface area contributed by atoms with Crippen LogP contribution in [0.4, 0.5) is 5.69 Å². The molecule has 0 heterocycles. The lowest BCUT2D eigenvalue weighted by Crippen LogP contribution is -2.13. The molecular weight excluding hydrogens is 346 g/mol. The Hall–Kier alpha value is -0.0400. The van der Waals surface area contributed by atoms with E-state index >= 15 is 0 Å². The molecule has 0 fully saturated rings. The van der Waals surface area contributed by atoms with Gasteiger partial charge in [-0.05, 0) is 36.7 Å². The molecule has 0 aromatic heterocycles. The van der Waals surface area contributed by atoms with E-state index in [9.17, 15) is 4.79 Å². The second-order valence-electron chi connectivity index (χ2n) is 2.89. The molecule has 3 nitrogen and oxygen atoms in total. The average Bonchev–Trinajstić information content (AvgIpc) is 2.14. The zero-order valence-electron chi connectivity index (χ0n) is 7.88. The lowest BCUT2D eigenvalue weighted by Gasteiger charge is -2.08. The van der Waals surface area contributed by atoms with Crippen LogP contribution in [0.1, 0.15) is 5.56 Å². The Morgan fingerprint density at radius 1 is 1.47 bits per heavy atom. The molecule has 0 spiro atoms. The Labute approximate surface area is 109 Å². The summed E-state index contributed by atoms with van der Waals surface area (Å²) in [6.45, 7) is 1.96. The fraction of sp³-hybridized carbons (Fsp3) is 0.222. The van der Waals surface area contributed by atoms with Crippen molar-refractivity contribution in [1.82, 2.24) is 0 Å². The second-order valence-corrected chi connectivity index (χ2v) is 5.14. The number of carbonyl (C=O) groups excluding carboxylic acids is 1. The van der Waals surface area contributed by atoms with Gasteiger partial charge in [-0.3, -0.25) is 4.79 Å². The number of hydrogen-bond acceptors (Lipinski definition) is 3. The number of nitrogens with one attached hydrogen (secondary N) is 1. The predicted octanol–water partition coefficient (Wildman–Crippen LogP) is 3.66. The van der Waals surface area contributed by atoms with Crippen LogP contribution in [-0.2, 0) is 4.79 Å². The number of anilines is 1. The molecule has 0 aliphatic heterocycles. The van der Waals surface area contributed by atoms with E-state index < -0.39 is 0 Å². The average molecular weight is 355 g/mol. The zero-order chi connectivity index (χ0) is 11.4. The molecule has 0 aliphatic carbocycles. The molecule has 15 heavy (non-hydrogen) atoms. The normalized spacial score (nSPS) is 10.1. The van der Waals surface area contributed by atoms with Crippen LogP contribution < -0.4 is 5.32 Å². The summed E-state index contributed by atoms with van der Waals surface area (Å²) in [4.78, 5) is 11.2. The Balaban J connectivity index is 2.83. The van der Waals surface area contributed by atoms with Gasteiger partial charge in [0.1, 0.15) is 0 Å². The Morgan fingerprint density at radius 2 is 2.00 bits per heavy atom. The van der Waals surface area contributed by atoms with Crippen molar-refractivity contribution < 1.29 is 9.35 Å². The van der Waals surface area contributed by atoms with Crippen LogP contribution >= 0.6 is 43.9 Å². The van der Waals surface area contributed by atoms with Gasteiger partial charge in [0, 0.05) is 14.6 Å². The maximum atomic E-state index is 11.2. The van der Waals surface area contributed by atoms with Gasteiger partial charge in [-0.25, -0.2) is 0 Å². The topological polar surface area (TPSA) is 49.3 Å². The molecular formula is C9H9Br2NO2S. The number of halogens is 2. The minimum Gasteiger partial charge on any atom is -0.330 e. The van der Waals surface area contributed by atoms with Crippen molar-refractivity contribution >= 4 is 55.5 Å². The number of amides is 1. The summed E-state index contributed by atoms with van der Waals surface area (Å²) >= 11 is 7.28. The molecule has 2 N–H and O–H groups in total. The molecule has 0 bridgehead atoms. The molecule has 0 unspecified atom stereocenters. The van der Waals surface area contributed by atoms with E-state index in [4.69, 9.17) is 4.55 Å². The summed E-state index contributed by atoms with van der Waals surface area (Å²) in [6, 6.07) is 3.64. The summed E-state index contributed by atoms with van der Waals surface area (Å²) in [5.41, 5.74) is 1.77. The highest BCUT2D eigenvalue weighted by atomic mass is 79.9. The van der Waals surface area contributed by atoms with Gasteiger partial charge in [-0.2, -0.15) is 0 Å². The van der Waals surface area contributed by atoms with E-state index in [-0.39, 0.29) is 11.7 Å². The standard InChI is InChI=1S/C9H9Br2NO2S/c1-5-7(10)2-6(3-8(5)11)12-9(13)4-15-14/h2-3,14H,4H2,1H3,(H,12,13). The van der Waals surface area contributed by atoms with E-state index in [2.05, 4.69) is 37.2 Å². The highest BCUT2D eigenvalue weighted by Crippen LogP contribution is 2.28. The van der Waals surface area contributed by atoms with E-state index in [0.29, 0.717) is 17.7 Å². The summed E-state index contributed by atoms with van der Waals surface area (Å²) in [6.07, 6.45) is 0. The summed E-state index contributed by atoms with van der Waals surface area (Å²) in [5, 5.41) is 2.67. The van der Waals surface area contributed by atoms with Gasteiger partial charge in [-0.1, -0.05) is 31.9 Å². The monoisotopic (exact) mass is 353 g/mol. The van der Waals surface area contributed by atoms with Crippen molar-refractivity contribution in [1.29, 1.82) is 0 Å². The van der Waals surface area contributed by atoms with Gasteiger partial charge in [-0.15, -0.1) is 0 Å². The molecule has 1 amide bonds. The highest BCUT2D eigenvalue weighted by Gasteiger charge is 2.06. The number of carbonyl (C=O) groups is 1. The first-order valence-electron chi connectivity index (χ1n) is 4.06. The van der Waals surface area contributed by atoms with Crippen LogP contribution in [0.5, 0.6) is 0 Å². The third-order valence-electron chi connectivity index (χ3n) is 1.76. The lowest BCUT2D eigenvalue weighted by atomic mass is 10.2. The van der Waals surface area contributed by atoms with Gasteiger partial charge in [0.2, 0.25) is 5.91 Å². The maximum absolute atomic E-state index is 11.2. The highest BCUT2D eigenvalue weighted by molar-refractivity contribution is 9.11. The molecule has 6 heteroatoms. The smallest absolute Gasteiger partial charge is 0.236 e. The van der Waals surface area contributed by atoms with Gasteiger partial charge >= 0.3 is 0 Å². The first kappa shape index (κ1) is 13.0. The van der Waals surface area contributed by atoms with Crippen molar-refractivity contribution in [2.45, 2.75) is 6.92 Å². The van der Waals surface area contributed by atoms with Crippen molar-refractivity contribution in [2.75, 3.05) is 11.1 Å². The van der Waals surface area contributed by atoms with Crippen molar-refractivity contribution in [2.24, 2.45) is 0 Å². The van der Waals surface area contributed by atoms with Crippen LogP contribution in [-0.4, -0.2) is 16.2 Å². The lowest BCUT2D eigenvalue weighted by molar-refractivity contribution is -0.113.